The molecular weight excluding hydrogens is 372 g/mol. The Morgan fingerprint density at radius 2 is 1.86 bits per heavy atom. The van der Waals surface area contributed by atoms with Gasteiger partial charge >= 0.3 is 6.03 Å². The average molecular weight is 392 g/mol. The molecule has 0 aliphatic carbocycles. The number of hydrogen-bond acceptors (Lipinski definition) is 5. The highest BCUT2D eigenvalue weighted by molar-refractivity contribution is 6.20. The number of carbonyl (C=O) groups is 3. The van der Waals surface area contributed by atoms with Crippen LogP contribution in [0.1, 0.15) is 0 Å². The number of rotatable bonds is 4. The molecule has 1 saturated heterocycles. The first kappa shape index (κ1) is 18.5. The molecule has 0 radical (unpaired) electrons. The second kappa shape index (κ2) is 7.31. The van der Waals surface area contributed by atoms with Crippen LogP contribution >= 0.6 is 0 Å². The number of anilines is 2. The second-order valence-electron chi connectivity index (χ2n) is 6.82. The van der Waals surface area contributed by atoms with Gasteiger partial charge in [0.1, 0.15) is 11.8 Å². The number of hydrogen-bond donors (Lipinski definition) is 2. The predicted octanol–water partition coefficient (Wildman–Crippen LogP) is 1.96. The second-order valence-corrected chi connectivity index (χ2v) is 6.82. The molecule has 8 heteroatoms. The van der Waals surface area contributed by atoms with Gasteiger partial charge in [-0.05, 0) is 24.3 Å². The van der Waals surface area contributed by atoms with E-state index in [-0.39, 0.29) is 11.8 Å². The lowest BCUT2D eigenvalue weighted by Gasteiger charge is -2.37. The molecule has 2 N–H and O–H groups in total. The molecule has 2 unspecified atom stereocenters. The van der Waals surface area contributed by atoms with E-state index in [1.54, 1.807) is 73.8 Å². The van der Waals surface area contributed by atoms with Gasteiger partial charge in [0.2, 0.25) is 0 Å². The minimum Gasteiger partial charge on any atom is -0.497 e. The Morgan fingerprint density at radius 1 is 1.10 bits per heavy atom. The van der Waals surface area contributed by atoms with Gasteiger partial charge < -0.3 is 20.3 Å². The maximum Gasteiger partial charge on any atom is 0.329 e. The molecule has 8 nitrogen and oxygen atoms in total. The summed E-state index contributed by atoms with van der Waals surface area (Å²) in [6.07, 6.45) is 1.59. The van der Waals surface area contributed by atoms with Crippen molar-refractivity contribution in [1.82, 2.24) is 10.2 Å². The molecule has 2 aromatic carbocycles. The Bertz CT molecular complexity index is 1000. The zero-order chi connectivity index (χ0) is 20.5. The van der Waals surface area contributed by atoms with E-state index in [1.807, 2.05) is 6.07 Å². The molecule has 0 aromatic heterocycles. The van der Waals surface area contributed by atoms with Gasteiger partial charge in [-0.3, -0.25) is 9.59 Å². The predicted molar refractivity (Wildman–Crippen MR) is 108 cm³/mol. The molecule has 2 atom stereocenters. The third-order valence-corrected chi connectivity index (χ3v) is 4.99. The zero-order valence-corrected chi connectivity index (χ0v) is 16.0. The van der Waals surface area contributed by atoms with Crippen molar-refractivity contribution in [3.8, 4) is 5.75 Å². The van der Waals surface area contributed by atoms with Gasteiger partial charge in [0.15, 0.2) is 0 Å². The summed E-state index contributed by atoms with van der Waals surface area (Å²) < 4.78 is 5.17. The highest BCUT2D eigenvalue weighted by atomic mass is 16.5. The SMILES string of the molecule is COc1cccc(NC(=O)C2=CN(C)C3C(=O)N(c4ccccc4)C(=O)NC23)c1. The molecule has 148 valence electrons. The van der Waals surface area contributed by atoms with Crippen molar-refractivity contribution in [1.29, 1.82) is 0 Å². The monoisotopic (exact) mass is 392 g/mol. The molecule has 0 spiro atoms. The summed E-state index contributed by atoms with van der Waals surface area (Å²) in [5.74, 6) is -0.162. The van der Waals surface area contributed by atoms with Crippen molar-refractivity contribution in [2.75, 3.05) is 24.4 Å². The van der Waals surface area contributed by atoms with Crippen LogP contribution in [0.3, 0.4) is 0 Å². The summed E-state index contributed by atoms with van der Waals surface area (Å²) in [6.45, 7) is 0. The van der Waals surface area contributed by atoms with Crippen LogP contribution in [0.4, 0.5) is 16.2 Å². The van der Waals surface area contributed by atoms with Gasteiger partial charge in [0.25, 0.3) is 11.8 Å². The number of para-hydroxylation sites is 1. The lowest BCUT2D eigenvalue weighted by Crippen LogP contribution is -2.65. The largest absolute Gasteiger partial charge is 0.497 e. The number of nitrogens with one attached hydrogen (secondary N) is 2. The Hall–Kier alpha value is -3.81. The van der Waals surface area contributed by atoms with Gasteiger partial charge in [-0.25, -0.2) is 9.69 Å². The van der Waals surface area contributed by atoms with Crippen LogP contribution in [0.2, 0.25) is 0 Å². The zero-order valence-electron chi connectivity index (χ0n) is 16.0. The number of fused-ring (bicyclic) bond motifs is 1. The molecular formula is C21H20N4O4. The van der Waals surface area contributed by atoms with Crippen molar-refractivity contribution in [2.45, 2.75) is 12.1 Å². The number of methoxy groups -OCH3 is 1. The first-order valence-corrected chi connectivity index (χ1v) is 9.08. The molecule has 2 aliphatic rings. The third-order valence-electron chi connectivity index (χ3n) is 4.99. The highest BCUT2D eigenvalue weighted by Crippen LogP contribution is 2.30. The number of amides is 4. The van der Waals surface area contributed by atoms with Crippen LogP contribution in [-0.2, 0) is 9.59 Å². The van der Waals surface area contributed by atoms with Crippen LogP contribution in [0.25, 0.3) is 0 Å². The van der Waals surface area contributed by atoms with Crippen molar-refractivity contribution in [3.63, 3.8) is 0 Å². The van der Waals surface area contributed by atoms with Crippen molar-refractivity contribution in [3.05, 3.63) is 66.4 Å². The number of likely N-dealkylation sites (N-methyl/N-ethyl adjacent to an activating group) is 1. The van der Waals surface area contributed by atoms with Crippen molar-refractivity contribution in [2.24, 2.45) is 0 Å². The normalized spacial score (nSPS) is 20.7. The number of imide groups is 1. The number of urea groups is 1. The van der Waals surface area contributed by atoms with Crippen LogP contribution in [0.5, 0.6) is 5.75 Å². The summed E-state index contributed by atoms with van der Waals surface area (Å²) in [5, 5.41) is 5.59. The van der Waals surface area contributed by atoms with Crippen LogP contribution in [0, 0.1) is 0 Å². The lowest BCUT2D eigenvalue weighted by atomic mass is 9.99. The molecule has 1 fully saturated rings. The Kier molecular flexibility index (Phi) is 4.67. The molecule has 4 amide bonds. The minimum absolute atomic E-state index is 0.315. The Labute approximate surface area is 167 Å². The van der Waals surface area contributed by atoms with E-state index in [9.17, 15) is 14.4 Å². The van der Waals surface area contributed by atoms with Gasteiger partial charge in [-0.2, -0.15) is 0 Å². The maximum atomic E-state index is 13.1. The fourth-order valence-corrected chi connectivity index (χ4v) is 3.61. The molecule has 2 aliphatic heterocycles. The van der Waals surface area contributed by atoms with E-state index in [1.165, 1.54) is 0 Å². The average Bonchev–Trinajstić information content (AvgIpc) is 3.05. The number of ether oxygens (including phenoxy) is 1. The standard InChI is InChI=1S/C21H20N4O4/c1-24-12-16(19(26)22-13-7-6-10-15(11-13)29-2)17-18(24)20(27)25(21(28)23-17)14-8-4-3-5-9-14/h3-12,17-18H,1-2H3,(H,22,26)(H,23,28). The van der Waals surface area contributed by atoms with Crippen LogP contribution < -0.4 is 20.3 Å². The molecule has 29 heavy (non-hydrogen) atoms. The van der Waals surface area contributed by atoms with E-state index >= 15 is 0 Å². The fourth-order valence-electron chi connectivity index (χ4n) is 3.61. The van der Waals surface area contributed by atoms with E-state index in [0.717, 1.165) is 4.90 Å². The third kappa shape index (κ3) is 3.29. The van der Waals surface area contributed by atoms with Gasteiger partial charge in [-0.1, -0.05) is 24.3 Å². The van der Waals surface area contributed by atoms with Crippen LogP contribution in [0.15, 0.2) is 66.4 Å². The van der Waals surface area contributed by atoms with Gasteiger partial charge in [-0.15, -0.1) is 0 Å². The molecule has 4 rings (SSSR count). The molecule has 2 heterocycles. The summed E-state index contributed by atoms with van der Waals surface area (Å²) in [6, 6.07) is 13.7. The van der Waals surface area contributed by atoms with E-state index in [2.05, 4.69) is 10.6 Å². The molecule has 2 aromatic rings. The van der Waals surface area contributed by atoms with E-state index < -0.39 is 18.1 Å². The van der Waals surface area contributed by atoms with Crippen molar-refractivity contribution < 1.29 is 19.1 Å². The topological polar surface area (TPSA) is 91.0 Å². The number of carbonyl (C=O) groups excluding carboxylic acids is 3. The summed E-state index contributed by atoms with van der Waals surface area (Å²) >= 11 is 0. The minimum atomic E-state index is -0.731. The van der Waals surface area contributed by atoms with Crippen LogP contribution in [-0.4, -0.2) is 49.0 Å². The molecule has 0 bridgehead atoms. The lowest BCUT2D eigenvalue weighted by molar-refractivity contribution is -0.122. The summed E-state index contributed by atoms with van der Waals surface area (Å²) in [7, 11) is 3.25. The highest BCUT2D eigenvalue weighted by Gasteiger charge is 2.49. The Morgan fingerprint density at radius 3 is 2.59 bits per heavy atom. The quantitative estimate of drug-likeness (QED) is 0.830. The number of benzene rings is 2. The smallest absolute Gasteiger partial charge is 0.329 e. The molecule has 0 saturated carbocycles. The number of nitrogens with zero attached hydrogens (tertiary/aromatic N) is 2. The van der Waals surface area contributed by atoms with E-state index in [4.69, 9.17) is 4.74 Å². The van der Waals surface area contributed by atoms with Gasteiger partial charge in [0.05, 0.1) is 24.4 Å². The van der Waals surface area contributed by atoms with Crippen molar-refractivity contribution >= 4 is 29.2 Å². The maximum absolute atomic E-state index is 13.1. The van der Waals surface area contributed by atoms with E-state index in [0.29, 0.717) is 22.7 Å². The first-order chi connectivity index (χ1) is 14.0. The summed E-state index contributed by atoms with van der Waals surface area (Å²) in [5.41, 5.74) is 1.35. The van der Waals surface area contributed by atoms with Gasteiger partial charge in [0, 0.05) is 25.0 Å². The summed E-state index contributed by atoms with van der Waals surface area (Å²) in [4.78, 5) is 41.4. The fraction of sp³-hybridized carbons (Fsp3) is 0.190. The first-order valence-electron chi connectivity index (χ1n) is 9.08. The Balaban J connectivity index is 1.56.